The van der Waals surface area contributed by atoms with Crippen LogP contribution in [-0.2, 0) is 14.8 Å². The lowest BCUT2D eigenvalue weighted by molar-refractivity contribution is 0.0727. The Hall–Kier alpha value is -2.62. The van der Waals surface area contributed by atoms with Crippen molar-refractivity contribution < 1.29 is 27.4 Å². The van der Waals surface area contributed by atoms with Crippen LogP contribution in [0.5, 0.6) is 11.5 Å². The molecule has 0 saturated carbocycles. The molecular weight excluding hydrogens is 444 g/mol. The van der Waals surface area contributed by atoms with E-state index < -0.39 is 10.0 Å². The number of nitrogens with zero attached hydrogens (tertiary/aromatic N) is 2. The summed E-state index contributed by atoms with van der Waals surface area (Å²) in [4.78, 5) is 15.4. The van der Waals surface area contributed by atoms with Crippen molar-refractivity contribution in [2.24, 2.45) is 0 Å². The monoisotopic (exact) mass is 472 g/mol. The van der Waals surface area contributed by atoms with E-state index in [2.05, 4.69) is 0 Å². The highest BCUT2D eigenvalue weighted by Gasteiger charge is 2.33. The fourth-order valence-corrected chi connectivity index (χ4v) is 6.09. The molecule has 3 aliphatic rings. The standard InChI is InChI=1S/C24H28N2O6S/c27-24(19-4-1-5-20(16-19)33(28,29)25-10-14-30-15-11-25)26-9-2-6-21(26)18-7-8-22-23(17-18)32-13-3-12-31-22/h1,4-5,7-8,16-17,21H,2-3,6,9-15H2. The number of carbonyl (C=O) groups is 1. The number of hydrogen-bond donors (Lipinski definition) is 0. The van der Waals surface area contributed by atoms with Crippen LogP contribution in [0.1, 0.15) is 41.2 Å². The van der Waals surface area contributed by atoms with E-state index in [0.29, 0.717) is 57.4 Å². The van der Waals surface area contributed by atoms with Gasteiger partial charge in [-0.25, -0.2) is 8.42 Å². The summed E-state index contributed by atoms with van der Waals surface area (Å²) < 4.78 is 44.4. The van der Waals surface area contributed by atoms with Gasteiger partial charge in [0.1, 0.15) is 0 Å². The van der Waals surface area contributed by atoms with Crippen molar-refractivity contribution in [1.82, 2.24) is 9.21 Å². The second-order valence-corrected chi connectivity index (χ2v) is 10.4. The first-order valence-electron chi connectivity index (χ1n) is 11.4. The first-order chi connectivity index (χ1) is 16.0. The molecule has 2 fully saturated rings. The highest BCUT2D eigenvalue weighted by atomic mass is 32.2. The molecule has 9 heteroatoms. The number of carbonyl (C=O) groups excluding carboxylic acids is 1. The lowest BCUT2D eigenvalue weighted by Gasteiger charge is -2.27. The molecule has 2 aromatic carbocycles. The molecule has 0 bridgehead atoms. The molecule has 0 spiro atoms. The number of fused-ring (bicyclic) bond motifs is 1. The van der Waals surface area contributed by atoms with Gasteiger partial charge in [0.2, 0.25) is 10.0 Å². The number of rotatable bonds is 4. The quantitative estimate of drug-likeness (QED) is 0.680. The summed E-state index contributed by atoms with van der Waals surface area (Å²) in [6.45, 7) is 3.25. The van der Waals surface area contributed by atoms with Crippen LogP contribution in [0.25, 0.3) is 0 Å². The number of morpholine rings is 1. The Labute approximate surface area is 194 Å². The van der Waals surface area contributed by atoms with Crippen LogP contribution in [0.2, 0.25) is 0 Å². The van der Waals surface area contributed by atoms with E-state index in [-0.39, 0.29) is 16.8 Å². The molecule has 8 nitrogen and oxygen atoms in total. The summed E-state index contributed by atoms with van der Waals surface area (Å²) in [6.07, 6.45) is 2.57. The van der Waals surface area contributed by atoms with E-state index in [0.717, 1.165) is 30.6 Å². The largest absolute Gasteiger partial charge is 0.490 e. The lowest BCUT2D eigenvalue weighted by atomic mass is 10.0. The predicted molar refractivity (Wildman–Crippen MR) is 121 cm³/mol. The fourth-order valence-electron chi connectivity index (χ4n) is 4.63. The van der Waals surface area contributed by atoms with Gasteiger partial charge < -0.3 is 19.1 Å². The van der Waals surface area contributed by atoms with Gasteiger partial charge in [-0.3, -0.25) is 4.79 Å². The van der Waals surface area contributed by atoms with Crippen LogP contribution in [-0.4, -0.2) is 69.6 Å². The van der Waals surface area contributed by atoms with E-state index >= 15 is 0 Å². The van der Waals surface area contributed by atoms with Crippen molar-refractivity contribution >= 4 is 15.9 Å². The molecule has 0 aliphatic carbocycles. The molecule has 2 saturated heterocycles. The molecule has 0 aromatic heterocycles. The number of amides is 1. The van der Waals surface area contributed by atoms with Crippen molar-refractivity contribution in [1.29, 1.82) is 0 Å². The maximum absolute atomic E-state index is 13.5. The molecule has 3 heterocycles. The SMILES string of the molecule is O=C(c1cccc(S(=O)(=O)N2CCOCC2)c1)N1CCCC1c1ccc2c(c1)OCCCO2. The molecule has 0 radical (unpaired) electrons. The van der Waals surface area contributed by atoms with Gasteiger partial charge in [0.05, 0.1) is 37.4 Å². The normalized spacial score (nSPS) is 21.6. The molecule has 2 aromatic rings. The minimum absolute atomic E-state index is 0.0887. The number of ether oxygens (including phenoxy) is 3. The van der Waals surface area contributed by atoms with Crippen LogP contribution in [0.3, 0.4) is 0 Å². The third-order valence-corrected chi connectivity index (χ3v) is 8.25. The van der Waals surface area contributed by atoms with Crippen molar-refractivity contribution in [3.05, 3.63) is 53.6 Å². The fraction of sp³-hybridized carbons (Fsp3) is 0.458. The maximum atomic E-state index is 13.5. The Bertz CT molecular complexity index is 1130. The van der Waals surface area contributed by atoms with Gasteiger partial charge in [-0.1, -0.05) is 12.1 Å². The molecule has 1 atom stereocenters. The summed E-state index contributed by atoms with van der Waals surface area (Å²) in [5.41, 5.74) is 1.38. The molecule has 1 amide bonds. The second-order valence-electron chi connectivity index (χ2n) is 8.46. The van der Waals surface area contributed by atoms with Gasteiger partial charge in [0.15, 0.2) is 11.5 Å². The van der Waals surface area contributed by atoms with Gasteiger partial charge in [-0.15, -0.1) is 0 Å². The van der Waals surface area contributed by atoms with Gasteiger partial charge in [0.25, 0.3) is 5.91 Å². The second kappa shape index (κ2) is 9.32. The van der Waals surface area contributed by atoms with E-state index in [1.807, 2.05) is 23.1 Å². The van der Waals surface area contributed by atoms with E-state index in [1.54, 1.807) is 18.2 Å². The predicted octanol–water partition coefficient (Wildman–Crippen LogP) is 2.85. The van der Waals surface area contributed by atoms with Crippen LogP contribution in [0.15, 0.2) is 47.4 Å². The number of likely N-dealkylation sites (tertiary alicyclic amines) is 1. The highest BCUT2D eigenvalue weighted by Crippen LogP contribution is 2.38. The zero-order valence-electron chi connectivity index (χ0n) is 18.4. The Kier molecular flexibility index (Phi) is 6.27. The molecular formula is C24H28N2O6S. The van der Waals surface area contributed by atoms with Crippen LogP contribution >= 0.6 is 0 Å². The third kappa shape index (κ3) is 4.45. The van der Waals surface area contributed by atoms with Crippen LogP contribution in [0, 0.1) is 0 Å². The zero-order chi connectivity index (χ0) is 22.8. The van der Waals surface area contributed by atoms with Gasteiger partial charge >= 0.3 is 0 Å². The number of benzene rings is 2. The highest BCUT2D eigenvalue weighted by molar-refractivity contribution is 7.89. The van der Waals surface area contributed by atoms with Gasteiger partial charge in [-0.2, -0.15) is 4.31 Å². The van der Waals surface area contributed by atoms with Crippen molar-refractivity contribution in [3.8, 4) is 11.5 Å². The molecule has 33 heavy (non-hydrogen) atoms. The molecule has 1 unspecified atom stereocenters. The Morgan fingerprint density at radius 1 is 0.879 bits per heavy atom. The number of sulfonamides is 1. The Balaban J connectivity index is 1.39. The van der Waals surface area contributed by atoms with Crippen molar-refractivity contribution in [2.45, 2.75) is 30.2 Å². The summed E-state index contributed by atoms with van der Waals surface area (Å²) >= 11 is 0. The molecule has 176 valence electrons. The van der Waals surface area contributed by atoms with Gasteiger partial charge in [0, 0.05) is 31.6 Å². The molecule has 0 N–H and O–H groups in total. The summed E-state index contributed by atoms with van der Waals surface area (Å²) in [6, 6.07) is 12.1. The van der Waals surface area contributed by atoms with Crippen LogP contribution < -0.4 is 9.47 Å². The molecule has 3 aliphatic heterocycles. The molecule has 5 rings (SSSR count). The minimum Gasteiger partial charge on any atom is -0.490 e. The average Bonchev–Trinajstić information content (AvgIpc) is 3.22. The van der Waals surface area contributed by atoms with E-state index in [9.17, 15) is 13.2 Å². The van der Waals surface area contributed by atoms with E-state index in [4.69, 9.17) is 14.2 Å². The number of hydrogen-bond acceptors (Lipinski definition) is 6. The first-order valence-corrected chi connectivity index (χ1v) is 12.9. The van der Waals surface area contributed by atoms with Gasteiger partial charge in [-0.05, 0) is 48.7 Å². The Morgan fingerprint density at radius 3 is 2.48 bits per heavy atom. The maximum Gasteiger partial charge on any atom is 0.254 e. The topological polar surface area (TPSA) is 85.4 Å². The lowest BCUT2D eigenvalue weighted by Crippen LogP contribution is -2.40. The van der Waals surface area contributed by atoms with Crippen molar-refractivity contribution in [3.63, 3.8) is 0 Å². The average molecular weight is 473 g/mol. The summed E-state index contributed by atoms with van der Waals surface area (Å²) in [5, 5.41) is 0. The van der Waals surface area contributed by atoms with E-state index in [1.165, 1.54) is 10.4 Å². The Morgan fingerprint density at radius 2 is 1.67 bits per heavy atom. The summed E-state index contributed by atoms with van der Waals surface area (Å²) in [7, 11) is -3.67. The first kappa shape index (κ1) is 22.2. The van der Waals surface area contributed by atoms with Crippen molar-refractivity contribution in [2.75, 3.05) is 46.1 Å². The zero-order valence-corrected chi connectivity index (χ0v) is 19.3. The summed E-state index contributed by atoms with van der Waals surface area (Å²) in [5.74, 6) is 1.28. The smallest absolute Gasteiger partial charge is 0.254 e. The minimum atomic E-state index is -3.67. The third-order valence-electron chi connectivity index (χ3n) is 6.36. The van der Waals surface area contributed by atoms with Crippen LogP contribution in [0.4, 0.5) is 0 Å².